The third kappa shape index (κ3) is 5.94. The fourth-order valence-electron chi connectivity index (χ4n) is 4.31. The first-order valence-corrected chi connectivity index (χ1v) is 12.3. The van der Waals surface area contributed by atoms with E-state index in [0.29, 0.717) is 29.1 Å². The topological polar surface area (TPSA) is 61.4 Å². The van der Waals surface area contributed by atoms with Crippen LogP contribution in [0.5, 0.6) is 0 Å². The van der Waals surface area contributed by atoms with E-state index in [1.165, 1.54) is 16.8 Å². The van der Waals surface area contributed by atoms with Crippen LogP contribution >= 0.6 is 11.6 Å². The van der Waals surface area contributed by atoms with Crippen LogP contribution < -0.4 is 0 Å². The summed E-state index contributed by atoms with van der Waals surface area (Å²) < 4.78 is 97.3. The predicted molar refractivity (Wildman–Crippen MR) is 135 cm³/mol. The predicted octanol–water partition coefficient (Wildman–Crippen LogP) is 7.44. The summed E-state index contributed by atoms with van der Waals surface area (Å²) in [5.41, 5.74) is -1.60. The Hall–Kier alpha value is -4.26. The molecule has 0 atom stereocenters. The molecule has 0 spiro atoms. The summed E-state index contributed by atoms with van der Waals surface area (Å²) in [5.74, 6) is 0.145. The number of hydrogen-bond acceptors (Lipinski definition) is 4. The van der Waals surface area contributed by atoms with Crippen LogP contribution in [0.1, 0.15) is 28.1 Å². The molecule has 3 aromatic carbocycles. The van der Waals surface area contributed by atoms with E-state index in [9.17, 15) is 30.7 Å². The van der Waals surface area contributed by atoms with Gasteiger partial charge in [-0.25, -0.2) is 9.07 Å². The van der Waals surface area contributed by atoms with Gasteiger partial charge in [-0.3, -0.25) is 0 Å². The minimum absolute atomic E-state index is 0.0697. The lowest BCUT2D eigenvalue weighted by Crippen LogP contribution is -2.13. The van der Waals surface area contributed by atoms with Gasteiger partial charge in [-0.1, -0.05) is 53.2 Å². The Balaban J connectivity index is 1.63. The van der Waals surface area contributed by atoms with Gasteiger partial charge in [0.05, 0.1) is 24.2 Å². The summed E-state index contributed by atoms with van der Waals surface area (Å²) >= 11 is 6.22. The second kappa shape index (κ2) is 10.6. The van der Waals surface area contributed by atoms with Crippen molar-refractivity contribution in [2.45, 2.75) is 32.4 Å². The van der Waals surface area contributed by atoms with Gasteiger partial charge in [-0.15, -0.1) is 15.3 Å². The molecule has 0 unspecified atom stereocenters. The van der Waals surface area contributed by atoms with E-state index in [-0.39, 0.29) is 40.4 Å². The Kier molecular flexibility index (Phi) is 7.32. The van der Waals surface area contributed by atoms with Crippen LogP contribution in [-0.4, -0.2) is 29.8 Å². The largest absolute Gasteiger partial charge is 0.416 e. The summed E-state index contributed by atoms with van der Waals surface area (Å²) in [4.78, 5) is 0. The molecule has 0 aliphatic carbocycles. The van der Waals surface area contributed by atoms with Gasteiger partial charge in [0.1, 0.15) is 17.3 Å². The number of hydrogen-bond donors (Lipinski definition) is 0. The lowest BCUT2D eigenvalue weighted by atomic mass is 10.0. The molecule has 212 valence electrons. The molecule has 0 N–H and O–H groups in total. The van der Waals surface area contributed by atoms with E-state index >= 15 is 0 Å². The number of aromatic nitrogens is 6. The molecule has 14 heteroatoms. The highest BCUT2D eigenvalue weighted by Crippen LogP contribution is 2.37. The van der Waals surface area contributed by atoms with Crippen LogP contribution in [0.15, 0.2) is 66.7 Å². The zero-order chi connectivity index (χ0) is 29.5. The van der Waals surface area contributed by atoms with Gasteiger partial charge in [-0.2, -0.15) is 26.3 Å². The maximum Gasteiger partial charge on any atom is 0.416 e. The number of aryl methyl sites for hydroxylation is 1. The van der Waals surface area contributed by atoms with Gasteiger partial charge in [0.2, 0.25) is 0 Å². The Morgan fingerprint density at radius 2 is 1.44 bits per heavy atom. The molecule has 5 aromatic rings. The highest BCUT2D eigenvalue weighted by atomic mass is 35.5. The maximum absolute atomic E-state index is 13.6. The summed E-state index contributed by atoms with van der Waals surface area (Å²) in [5, 5.41) is 16.8. The van der Waals surface area contributed by atoms with Gasteiger partial charge in [0, 0.05) is 10.6 Å². The first-order valence-electron chi connectivity index (χ1n) is 11.9. The molecule has 2 aromatic heterocycles. The van der Waals surface area contributed by atoms with Gasteiger partial charge >= 0.3 is 12.4 Å². The lowest BCUT2D eigenvalue weighted by Gasteiger charge is -2.15. The molecule has 0 fully saturated rings. The van der Waals surface area contributed by atoms with Crippen molar-refractivity contribution in [1.29, 1.82) is 0 Å². The maximum atomic E-state index is 13.6. The van der Waals surface area contributed by atoms with Crippen molar-refractivity contribution in [3.63, 3.8) is 0 Å². The van der Waals surface area contributed by atoms with Crippen LogP contribution in [-0.2, 0) is 25.4 Å². The Bertz CT molecular complexity index is 1680. The number of nitrogens with zero attached hydrogens (tertiary/aromatic N) is 6. The van der Waals surface area contributed by atoms with E-state index in [1.807, 2.05) is 0 Å². The summed E-state index contributed by atoms with van der Waals surface area (Å²) in [6.07, 6.45) is -10.00. The van der Waals surface area contributed by atoms with Gasteiger partial charge in [0.15, 0.2) is 11.5 Å². The van der Waals surface area contributed by atoms with Crippen molar-refractivity contribution >= 4 is 11.6 Å². The first-order chi connectivity index (χ1) is 19.3. The molecule has 5 rings (SSSR count). The Morgan fingerprint density at radius 1 is 0.780 bits per heavy atom. The van der Waals surface area contributed by atoms with E-state index in [4.69, 9.17) is 11.6 Å². The summed E-state index contributed by atoms with van der Waals surface area (Å²) in [6.45, 7) is 1.33. The minimum atomic E-state index is -5.00. The summed E-state index contributed by atoms with van der Waals surface area (Å²) in [7, 11) is 0. The van der Waals surface area contributed by atoms with Gasteiger partial charge < -0.3 is 4.57 Å². The van der Waals surface area contributed by atoms with Crippen LogP contribution in [0, 0.1) is 12.7 Å². The van der Waals surface area contributed by atoms with Crippen molar-refractivity contribution in [1.82, 2.24) is 29.8 Å². The molecule has 0 aliphatic rings. The van der Waals surface area contributed by atoms with E-state index in [1.54, 1.807) is 41.8 Å². The molecular formula is C27H18ClF7N6. The number of benzene rings is 3. The van der Waals surface area contributed by atoms with Crippen molar-refractivity contribution < 1.29 is 30.7 Å². The van der Waals surface area contributed by atoms with E-state index in [2.05, 4.69) is 20.5 Å². The van der Waals surface area contributed by atoms with E-state index < -0.39 is 35.8 Å². The molecule has 0 radical (unpaired) electrons. The van der Waals surface area contributed by atoms with E-state index in [0.717, 1.165) is 6.07 Å². The molecule has 41 heavy (non-hydrogen) atoms. The van der Waals surface area contributed by atoms with Crippen molar-refractivity contribution in [2.24, 2.45) is 0 Å². The number of rotatable bonds is 6. The lowest BCUT2D eigenvalue weighted by molar-refractivity contribution is -0.143. The Morgan fingerprint density at radius 3 is 2.05 bits per heavy atom. The van der Waals surface area contributed by atoms with Gasteiger partial charge in [-0.05, 0) is 48.4 Å². The van der Waals surface area contributed by atoms with Crippen molar-refractivity contribution in [2.75, 3.05) is 0 Å². The molecule has 0 bridgehead atoms. The Labute approximate surface area is 233 Å². The smallest absolute Gasteiger partial charge is 0.305 e. The highest BCUT2D eigenvalue weighted by Gasteiger charge is 2.37. The fraction of sp³-hybridized carbons (Fsp3) is 0.185. The average Bonchev–Trinajstić information content (AvgIpc) is 3.47. The molecular weight excluding hydrogens is 577 g/mol. The third-order valence-electron chi connectivity index (χ3n) is 6.25. The van der Waals surface area contributed by atoms with Crippen LogP contribution in [0.3, 0.4) is 0 Å². The SMILES string of the molecule is Cc1nnc(-c2nnn(Cc3cc(C(F)(F)F)cc(C(F)(F)F)c3)c2-c2ccccc2)n1Cc1ccc(F)cc1Cl. The summed E-state index contributed by atoms with van der Waals surface area (Å²) in [6, 6.07) is 13.8. The average molecular weight is 595 g/mol. The zero-order valence-electron chi connectivity index (χ0n) is 21.0. The molecule has 6 nitrogen and oxygen atoms in total. The standard InChI is InChI=1S/C27H18ClF7N6/c1-15-36-38-25(40(15)14-18-7-8-21(29)12-22(18)28)23-24(17-5-3-2-4-6-17)41(39-37-23)13-16-9-19(26(30,31)32)11-20(10-16)27(33,34)35/h2-12H,13-14H2,1H3. The number of halogens is 8. The van der Waals surface area contributed by atoms with Crippen LogP contribution in [0.2, 0.25) is 5.02 Å². The minimum Gasteiger partial charge on any atom is -0.305 e. The first kappa shape index (κ1) is 28.3. The third-order valence-corrected chi connectivity index (χ3v) is 6.61. The molecule has 0 aliphatic heterocycles. The number of alkyl halides is 6. The quantitative estimate of drug-likeness (QED) is 0.192. The van der Waals surface area contributed by atoms with Crippen molar-refractivity contribution in [3.05, 3.63) is 106 Å². The van der Waals surface area contributed by atoms with Crippen molar-refractivity contribution in [3.8, 4) is 22.8 Å². The van der Waals surface area contributed by atoms with Gasteiger partial charge in [0.25, 0.3) is 0 Å². The molecule has 0 amide bonds. The highest BCUT2D eigenvalue weighted by molar-refractivity contribution is 6.31. The second-order valence-corrected chi connectivity index (χ2v) is 9.52. The normalized spacial score (nSPS) is 12.2. The molecule has 2 heterocycles. The molecule has 0 saturated carbocycles. The monoisotopic (exact) mass is 594 g/mol. The van der Waals surface area contributed by atoms with Crippen LogP contribution in [0.4, 0.5) is 30.7 Å². The van der Waals surface area contributed by atoms with Crippen LogP contribution in [0.25, 0.3) is 22.8 Å². The fourth-order valence-corrected chi connectivity index (χ4v) is 4.53. The molecule has 0 saturated heterocycles. The zero-order valence-corrected chi connectivity index (χ0v) is 21.7. The second-order valence-electron chi connectivity index (χ2n) is 9.12.